The lowest BCUT2D eigenvalue weighted by Gasteiger charge is -2.32. The van der Waals surface area contributed by atoms with Crippen LogP contribution in [0.2, 0.25) is 6.32 Å². The van der Waals surface area contributed by atoms with E-state index in [1.54, 1.807) is 6.92 Å². The van der Waals surface area contributed by atoms with E-state index < -0.39 is 7.12 Å². The van der Waals surface area contributed by atoms with Crippen molar-refractivity contribution in [2.75, 3.05) is 6.61 Å². The highest BCUT2D eigenvalue weighted by atomic mass is 16.7. The molecule has 0 aliphatic carbocycles. The molecule has 1 rings (SSSR count). The summed E-state index contributed by atoms with van der Waals surface area (Å²) in [6.07, 6.45) is 0.339. The van der Waals surface area contributed by atoms with Gasteiger partial charge in [0, 0.05) is 11.9 Å². The van der Waals surface area contributed by atoms with Crippen molar-refractivity contribution in [3.8, 4) is 0 Å². The second-order valence-corrected chi connectivity index (χ2v) is 5.21. The third-order valence-corrected chi connectivity index (χ3v) is 3.28. The molecule has 1 aliphatic rings. The molecule has 0 atom stereocenters. The molecule has 0 amide bonds. The monoisotopic (exact) mass is 240 g/mol. The molecule has 0 unspecified atom stereocenters. The summed E-state index contributed by atoms with van der Waals surface area (Å²) in [4.78, 5) is 11.4. The average Bonchev–Trinajstić information content (AvgIpc) is 2.35. The van der Waals surface area contributed by atoms with Crippen LogP contribution in [0.15, 0.2) is 12.2 Å². The van der Waals surface area contributed by atoms with Crippen LogP contribution in [0.5, 0.6) is 0 Å². The van der Waals surface area contributed by atoms with Gasteiger partial charge in [-0.05, 0) is 34.6 Å². The first-order valence-electron chi connectivity index (χ1n) is 5.90. The maximum Gasteiger partial charge on any atom is 0.462 e. The number of hydrogen-bond donors (Lipinski definition) is 0. The van der Waals surface area contributed by atoms with E-state index in [2.05, 4.69) is 6.58 Å². The van der Waals surface area contributed by atoms with Crippen LogP contribution in [-0.2, 0) is 18.8 Å². The minimum absolute atomic E-state index is 0.339. The van der Waals surface area contributed by atoms with Crippen molar-refractivity contribution in [1.29, 1.82) is 0 Å². The molecule has 4 nitrogen and oxygen atoms in total. The maximum atomic E-state index is 11.4. The third-order valence-electron chi connectivity index (χ3n) is 3.28. The van der Waals surface area contributed by atoms with Gasteiger partial charge in [0.05, 0.1) is 17.8 Å². The first kappa shape index (κ1) is 14.3. The molecular formula is C12H21BO4. The first-order chi connectivity index (χ1) is 7.69. The molecule has 1 aliphatic heterocycles. The number of ether oxygens (including phenoxy) is 1. The largest absolute Gasteiger partial charge is 0.463 e. The number of carbonyl (C=O) groups is 1. The van der Waals surface area contributed by atoms with Crippen LogP contribution in [-0.4, -0.2) is 30.9 Å². The Morgan fingerprint density at radius 3 is 2.12 bits per heavy atom. The highest BCUT2D eigenvalue weighted by Gasteiger charge is 2.51. The predicted octanol–water partition coefficient (Wildman–Crippen LogP) is 2.20. The smallest absolute Gasteiger partial charge is 0.462 e. The number of rotatable bonds is 4. The van der Waals surface area contributed by atoms with Crippen LogP contribution < -0.4 is 0 Å². The molecule has 0 spiro atoms. The summed E-state index contributed by atoms with van der Waals surface area (Å²) >= 11 is 0. The van der Waals surface area contributed by atoms with Gasteiger partial charge in [-0.2, -0.15) is 0 Å². The predicted molar refractivity (Wildman–Crippen MR) is 66.7 cm³/mol. The minimum atomic E-state index is -0.433. The molecule has 17 heavy (non-hydrogen) atoms. The van der Waals surface area contributed by atoms with Gasteiger partial charge in [0.15, 0.2) is 0 Å². The number of hydrogen-bond acceptors (Lipinski definition) is 4. The molecule has 0 radical (unpaired) electrons. The van der Waals surface area contributed by atoms with Gasteiger partial charge in [0.25, 0.3) is 0 Å². The second kappa shape index (κ2) is 4.82. The van der Waals surface area contributed by atoms with Crippen LogP contribution in [0.4, 0.5) is 0 Å². The van der Waals surface area contributed by atoms with E-state index in [9.17, 15) is 4.79 Å². The zero-order valence-corrected chi connectivity index (χ0v) is 11.3. The Balaban J connectivity index is 2.56. The molecule has 96 valence electrons. The second-order valence-electron chi connectivity index (χ2n) is 5.21. The molecular weight excluding hydrogens is 219 g/mol. The summed E-state index contributed by atoms with van der Waals surface area (Å²) in [5.41, 5.74) is -0.385. The van der Waals surface area contributed by atoms with E-state index in [-0.39, 0.29) is 17.2 Å². The SMILES string of the molecule is C=C(CB1OC(C)(C)C(C)(C)O1)C(=O)OCC. The van der Waals surface area contributed by atoms with E-state index in [4.69, 9.17) is 14.0 Å². The molecule has 1 saturated heterocycles. The van der Waals surface area contributed by atoms with Crippen molar-refractivity contribution in [3.63, 3.8) is 0 Å². The molecule has 0 N–H and O–H groups in total. The van der Waals surface area contributed by atoms with Crippen molar-refractivity contribution in [1.82, 2.24) is 0 Å². The highest BCUT2D eigenvalue weighted by molar-refractivity contribution is 6.47. The fourth-order valence-electron chi connectivity index (χ4n) is 1.57. The fourth-order valence-corrected chi connectivity index (χ4v) is 1.57. The third kappa shape index (κ3) is 3.10. The summed E-state index contributed by atoms with van der Waals surface area (Å²) in [5.74, 6) is -0.387. The Bertz CT molecular complexity index is 306. The van der Waals surface area contributed by atoms with Crippen LogP contribution in [0.3, 0.4) is 0 Å². The van der Waals surface area contributed by atoms with E-state index in [1.807, 2.05) is 27.7 Å². The van der Waals surface area contributed by atoms with Crippen molar-refractivity contribution in [2.45, 2.75) is 52.1 Å². The average molecular weight is 240 g/mol. The zero-order chi connectivity index (χ0) is 13.3. The normalized spacial score (nSPS) is 21.4. The summed E-state index contributed by atoms with van der Waals surface area (Å²) < 4.78 is 16.4. The Labute approximate surface area is 103 Å². The first-order valence-corrected chi connectivity index (χ1v) is 5.90. The Hall–Kier alpha value is -0.805. The molecule has 1 heterocycles. The topological polar surface area (TPSA) is 44.8 Å². The molecule has 5 heteroatoms. The lowest BCUT2D eigenvalue weighted by atomic mass is 9.81. The van der Waals surface area contributed by atoms with Gasteiger partial charge in [-0.15, -0.1) is 0 Å². The van der Waals surface area contributed by atoms with E-state index in [0.29, 0.717) is 18.5 Å². The van der Waals surface area contributed by atoms with Gasteiger partial charge in [0.1, 0.15) is 0 Å². The summed E-state index contributed by atoms with van der Waals surface area (Å²) in [6, 6.07) is 0. The van der Waals surface area contributed by atoms with E-state index in [0.717, 1.165) is 0 Å². The molecule has 0 saturated carbocycles. The lowest BCUT2D eigenvalue weighted by molar-refractivity contribution is -0.138. The van der Waals surface area contributed by atoms with Crippen LogP contribution >= 0.6 is 0 Å². The van der Waals surface area contributed by atoms with Crippen LogP contribution in [0, 0.1) is 0 Å². The number of carbonyl (C=O) groups excluding carboxylic acids is 1. The van der Waals surface area contributed by atoms with Gasteiger partial charge in [-0.25, -0.2) is 4.79 Å². The molecule has 0 aromatic rings. The van der Waals surface area contributed by atoms with Gasteiger partial charge in [-0.3, -0.25) is 0 Å². The van der Waals surface area contributed by atoms with Crippen molar-refractivity contribution in [3.05, 3.63) is 12.2 Å². The molecule has 0 aromatic heterocycles. The summed E-state index contributed by atoms with van der Waals surface area (Å²) in [6.45, 7) is 13.7. The lowest BCUT2D eigenvalue weighted by Crippen LogP contribution is -2.41. The zero-order valence-electron chi connectivity index (χ0n) is 11.3. The van der Waals surface area contributed by atoms with Gasteiger partial charge >= 0.3 is 13.1 Å². The molecule has 1 fully saturated rings. The van der Waals surface area contributed by atoms with Gasteiger partial charge in [-0.1, -0.05) is 6.58 Å². The standard InChI is InChI=1S/C12H21BO4/c1-7-15-10(14)9(2)8-13-16-11(3,4)12(5,6)17-13/h2,7-8H2,1,3-6H3. The maximum absolute atomic E-state index is 11.4. The van der Waals surface area contributed by atoms with Crippen LogP contribution in [0.1, 0.15) is 34.6 Å². The Morgan fingerprint density at radius 2 is 1.71 bits per heavy atom. The Morgan fingerprint density at radius 1 is 1.24 bits per heavy atom. The van der Waals surface area contributed by atoms with Crippen molar-refractivity contribution >= 4 is 13.1 Å². The quantitative estimate of drug-likeness (QED) is 0.429. The minimum Gasteiger partial charge on any atom is -0.463 e. The molecule has 0 aromatic carbocycles. The number of esters is 1. The summed E-state index contributed by atoms with van der Waals surface area (Å²) in [5, 5.41) is 0. The van der Waals surface area contributed by atoms with Crippen molar-refractivity contribution in [2.24, 2.45) is 0 Å². The van der Waals surface area contributed by atoms with Gasteiger partial charge in [0.2, 0.25) is 0 Å². The Kier molecular flexibility index (Phi) is 4.04. The highest BCUT2D eigenvalue weighted by Crippen LogP contribution is 2.38. The van der Waals surface area contributed by atoms with Gasteiger partial charge < -0.3 is 14.0 Å². The van der Waals surface area contributed by atoms with Crippen LogP contribution in [0.25, 0.3) is 0 Å². The fraction of sp³-hybridized carbons (Fsp3) is 0.750. The van der Waals surface area contributed by atoms with Crippen molar-refractivity contribution < 1.29 is 18.8 Å². The molecule has 0 bridgehead atoms. The van der Waals surface area contributed by atoms with E-state index in [1.165, 1.54) is 0 Å². The summed E-state index contributed by atoms with van der Waals surface area (Å²) in [7, 11) is -0.433. The van der Waals surface area contributed by atoms with E-state index >= 15 is 0 Å².